The van der Waals surface area contributed by atoms with Gasteiger partial charge in [-0.3, -0.25) is 0 Å². The first-order valence-electron chi connectivity index (χ1n) is 10.1. The molecule has 0 spiro atoms. The van der Waals surface area contributed by atoms with Crippen LogP contribution in [0.3, 0.4) is 0 Å². The lowest BCUT2D eigenvalue weighted by molar-refractivity contribution is -0.129. The van der Waals surface area contributed by atoms with E-state index in [4.69, 9.17) is 9.47 Å². The van der Waals surface area contributed by atoms with Crippen molar-refractivity contribution < 1.29 is 19.0 Å². The number of unbranched alkanes of at least 4 members (excludes halogenated alkanes) is 1. The summed E-state index contributed by atoms with van der Waals surface area (Å²) in [5.74, 6) is -0.333. The molecule has 29 heavy (non-hydrogen) atoms. The van der Waals surface area contributed by atoms with E-state index in [1.54, 1.807) is 24.9 Å². The maximum absolute atomic E-state index is 15.1. The number of methoxy groups -OCH3 is 1. The molecular formula is C23H30FNO3S. The van der Waals surface area contributed by atoms with Gasteiger partial charge in [-0.2, -0.15) is 0 Å². The first-order chi connectivity index (χ1) is 14.1. The van der Waals surface area contributed by atoms with E-state index in [2.05, 4.69) is 5.32 Å². The van der Waals surface area contributed by atoms with Crippen LogP contribution in [0.1, 0.15) is 24.8 Å². The fourth-order valence-electron chi connectivity index (χ4n) is 3.94. The number of aliphatic hydroxyl groups is 1. The van der Waals surface area contributed by atoms with Gasteiger partial charge in [0.15, 0.2) is 0 Å². The summed E-state index contributed by atoms with van der Waals surface area (Å²) in [6.07, 6.45) is 3.61. The molecule has 0 amide bonds. The molecule has 3 rings (SSSR count). The Morgan fingerprint density at radius 3 is 2.83 bits per heavy atom. The second-order valence-electron chi connectivity index (χ2n) is 7.33. The second-order valence-corrected chi connectivity index (χ2v) is 8.21. The van der Waals surface area contributed by atoms with Gasteiger partial charge in [-0.1, -0.05) is 24.3 Å². The molecule has 1 fully saturated rings. The molecule has 0 aromatic heterocycles. The highest BCUT2D eigenvalue weighted by Crippen LogP contribution is 2.41. The lowest BCUT2D eigenvalue weighted by Gasteiger charge is -2.40. The van der Waals surface area contributed by atoms with Crippen molar-refractivity contribution in [1.82, 2.24) is 5.32 Å². The Hall–Kier alpha value is -1.44. The van der Waals surface area contributed by atoms with E-state index in [9.17, 15) is 5.11 Å². The molecule has 0 bridgehead atoms. The SMILES string of the molecule is COCCCC[C@@](O)(c1cccc(F)c1-c1cccc(SC)c1)[C@H]1CNCCO1. The van der Waals surface area contributed by atoms with Crippen molar-refractivity contribution in [3.05, 3.63) is 53.8 Å². The third-order valence-electron chi connectivity index (χ3n) is 5.46. The van der Waals surface area contributed by atoms with Crippen LogP contribution in [0, 0.1) is 5.82 Å². The van der Waals surface area contributed by atoms with Crippen molar-refractivity contribution in [3.63, 3.8) is 0 Å². The number of ether oxygens (including phenoxy) is 2. The molecule has 2 atom stereocenters. The highest BCUT2D eigenvalue weighted by atomic mass is 32.2. The smallest absolute Gasteiger partial charge is 0.131 e. The third kappa shape index (κ3) is 5.19. The van der Waals surface area contributed by atoms with Gasteiger partial charge in [-0.05, 0) is 54.8 Å². The molecule has 0 unspecified atom stereocenters. The average Bonchev–Trinajstić information content (AvgIpc) is 2.77. The molecule has 158 valence electrons. The van der Waals surface area contributed by atoms with E-state index in [0.717, 1.165) is 29.8 Å². The summed E-state index contributed by atoms with van der Waals surface area (Å²) in [6, 6.07) is 12.7. The maximum Gasteiger partial charge on any atom is 0.131 e. The van der Waals surface area contributed by atoms with Crippen LogP contribution in [-0.2, 0) is 15.1 Å². The van der Waals surface area contributed by atoms with E-state index >= 15 is 4.39 Å². The summed E-state index contributed by atoms with van der Waals surface area (Å²) in [7, 11) is 1.67. The monoisotopic (exact) mass is 419 g/mol. The second kappa shape index (κ2) is 10.5. The van der Waals surface area contributed by atoms with Crippen LogP contribution in [0.15, 0.2) is 47.4 Å². The summed E-state index contributed by atoms with van der Waals surface area (Å²) in [5.41, 5.74) is 0.506. The van der Waals surface area contributed by atoms with Crippen molar-refractivity contribution in [1.29, 1.82) is 0 Å². The lowest BCUT2D eigenvalue weighted by Crippen LogP contribution is -2.51. The van der Waals surface area contributed by atoms with Crippen LogP contribution in [0.5, 0.6) is 0 Å². The molecule has 1 aliphatic heterocycles. The van der Waals surface area contributed by atoms with E-state index in [1.165, 1.54) is 6.07 Å². The van der Waals surface area contributed by atoms with Gasteiger partial charge >= 0.3 is 0 Å². The minimum atomic E-state index is -1.30. The summed E-state index contributed by atoms with van der Waals surface area (Å²) >= 11 is 1.61. The molecule has 4 nitrogen and oxygen atoms in total. The molecule has 2 aromatic rings. The number of hydrogen-bond donors (Lipinski definition) is 2. The van der Waals surface area contributed by atoms with Crippen molar-refractivity contribution in [2.75, 3.05) is 39.7 Å². The number of benzene rings is 2. The van der Waals surface area contributed by atoms with Crippen LogP contribution < -0.4 is 5.32 Å². The van der Waals surface area contributed by atoms with Gasteiger partial charge < -0.3 is 19.9 Å². The number of hydrogen-bond acceptors (Lipinski definition) is 5. The Morgan fingerprint density at radius 2 is 2.10 bits per heavy atom. The number of rotatable bonds is 9. The van der Waals surface area contributed by atoms with Crippen LogP contribution >= 0.6 is 11.8 Å². The van der Waals surface area contributed by atoms with E-state index in [1.807, 2.05) is 36.6 Å². The predicted molar refractivity (Wildman–Crippen MR) is 116 cm³/mol. The number of nitrogens with one attached hydrogen (secondary N) is 1. The first kappa shape index (κ1) is 22.2. The number of thioether (sulfide) groups is 1. The van der Waals surface area contributed by atoms with Gasteiger partial charge in [-0.25, -0.2) is 4.39 Å². The lowest BCUT2D eigenvalue weighted by atomic mass is 9.79. The molecule has 1 aliphatic rings. The van der Waals surface area contributed by atoms with Crippen LogP contribution in [0.25, 0.3) is 11.1 Å². The molecule has 6 heteroatoms. The zero-order valence-electron chi connectivity index (χ0n) is 17.1. The zero-order chi connectivity index (χ0) is 20.7. The molecule has 1 heterocycles. The van der Waals surface area contributed by atoms with Crippen molar-refractivity contribution >= 4 is 11.8 Å². The number of morpholine rings is 1. The summed E-state index contributed by atoms with van der Waals surface area (Å²) in [5, 5.41) is 15.2. The fourth-order valence-corrected chi connectivity index (χ4v) is 4.40. The van der Waals surface area contributed by atoms with Gasteiger partial charge in [0.05, 0.1) is 6.61 Å². The topological polar surface area (TPSA) is 50.7 Å². The minimum absolute atomic E-state index is 0.333. The normalized spacial score (nSPS) is 19.1. The van der Waals surface area contributed by atoms with Gasteiger partial charge in [0.1, 0.15) is 17.5 Å². The van der Waals surface area contributed by atoms with E-state index in [-0.39, 0.29) is 5.82 Å². The van der Waals surface area contributed by atoms with Gasteiger partial charge in [0, 0.05) is 37.3 Å². The molecular weight excluding hydrogens is 389 g/mol. The van der Waals surface area contributed by atoms with Crippen molar-refractivity contribution in [2.24, 2.45) is 0 Å². The van der Waals surface area contributed by atoms with Gasteiger partial charge in [0.25, 0.3) is 0 Å². The zero-order valence-corrected chi connectivity index (χ0v) is 17.9. The predicted octanol–water partition coefficient (Wildman–Crippen LogP) is 4.21. The molecule has 2 aromatic carbocycles. The fraction of sp³-hybridized carbons (Fsp3) is 0.478. The maximum atomic E-state index is 15.1. The van der Waals surface area contributed by atoms with E-state index < -0.39 is 11.7 Å². The van der Waals surface area contributed by atoms with Gasteiger partial charge in [-0.15, -0.1) is 11.8 Å². The van der Waals surface area contributed by atoms with Crippen LogP contribution in [-0.4, -0.2) is 50.9 Å². The summed E-state index contributed by atoms with van der Waals surface area (Å²) in [6.45, 7) is 2.44. The van der Waals surface area contributed by atoms with Crippen molar-refractivity contribution in [2.45, 2.75) is 35.9 Å². The Balaban J connectivity index is 2.05. The van der Waals surface area contributed by atoms with Crippen LogP contribution in [0.2, 0.25) is 0 Å². The third-order valence-corrected chi connectivity index (χ3v) is 6.18. The summed E-state index contributed by atoms with van der Waals surface area (Å²) in [4.78, 5) is 1.05. The minimum Gasteiger partial charge on any atom is -0.385 e. The first-order valence-corrected chi connectivity index (χ1v) is 11.3. The van der Waals surface area contributed by atoms with Crippen molar-refractivity contribution in [3.8, 4) is 11.1 Å². The standard InChI is InChI=1S/C23H30FNO3S/c1-27-13-4-3-11-23(26,21-16-25-12-14-28-21)19-9-6-10-20(24)22(19)17-7-5-8-18(15-17)29-2/h5-10,15,21,25-26H,3-4,11-14,16H2,1-2H3/t21-,23-/m1/s1. The Bertz CT molecular complexity index is 797. The Morgan fingerprint density at radius 1 is 1.28 bits per heavy atom. The molecule has 0 saturated carbocycles. The summed E-state index contributed by atoms with van der Waals surface area (Å²) < 4.78 is 26.2. The molecule has 0 radical (unpaired) electrons. The Kier molecular flexibility index (Phi) is 8.09. The average molecular weight is 420 g/mol. The Labute approximate surface area is 176 Å². The quantitative estimate of drug-likeness (QED) is 0.471. The molecule has 1 saturated heterocycles. The van der Waals surface area contributed by atoms with E-state index in [0.29, 0.717) is 37.3 Å². The highest BCUT2D eigenvalue weighted by Gasteiger charge is 2.42. The molecule has 2 N–H and O–H groups in total. The van der Waals surface area contributed by atoms with Crippen LogP contribution in [0.4, 0.5) is 4.39 Å². The highest BCUT2D eigenvalue weighted by molar-refractivity contribution is 7.98. The largest absolute Gasteiger partial charge is 0.385 e. The van der Waals surface area contributed by atoms with Gasteiger partial charge in [0.2, 0.25) is 0 Å². The number of halogens is 1. The molecule has 0 aliphatic carbocycles.